The van der Waals surface area contributed by atoms with E-state index in [0.29, 0.717) is 32.5 Å². The minimum Gasteiger partial charge on any atom is -0.465 e. The Hall–Kier alpha value is -1.80. The molecule has 3 aliphatic heterocycles. The second kappa shape index (κ2) is 10.9. The lowest BCUT2D eigenvalue weighted by Crippen LogP contribution is -2.56. The van der Waals surface area contributed by atoms with E-state index in [0.717, 1.165) is 25.7 Å². The van der Waals surface area contributed by atoms with Crippen molar-refractivity contribution in [3.05, 3.63) is 25.3 Å². The number of aliphatic hydroxyl groups excluding tert-OH is 1. The van der Waals surface area contributed by atoms with Crippen LogP contribution in [0.25, 0.3) is 0 Å². The molecule has 3 heterocycles. The molecule has 7 nitrogen and oxygen atoms in total. The number of unbranched alkanes of at least 4 members (excludes halogenated alkanes) is 2. The highest BCUT2D eigenvalue weighted by atomic mass is 32.2. The summed E-state index contributed by atoms with van der Waals surface area (Å²) < 4.78 is 4.59. The molecule has 0 aromatic carbocycles. The first-order chi connectivity index (χ1) is 16.2. The van der Waals surface area contributed by atoms with E-state index < -0.39 is 27.4 Å². The van der Waals surface area contributed by atoms with Gasteiger partial charge in [-0.05, 0) is 59.3 Å². The van der Waals surface area contributed by atoms with Gasteiger partial charge >= 0.3 is 5.97 Å². The maximum Gasteiger partial charge on any atom is 0.311 e. The third-order valence-electron chi connectivity index (χ3n) is 7.60. The number of hydrogen-bond donors (Lipinski definition) is 1. The molecule has 8 heteroatoms. The first kappa shape index (κ1) is 26.8. The predicted octanol–water partition coefficient (Wildman–Crippen LogP) is 3.17. The van der Waals surface area contributed by atoms with Gasteiger partial charge in [0.25, 0.3) is 0 Å². The fourth-order valence-corrected chi connectivity index (χ4v) is 8.39. The van der Waals surface area contributed by atoms with Gasteiger partial charge in [0.15, 0.2) is 0 Å². The Morgan fingerprint density at radius 1 is 1.26 bits per heavy atom. The molecular weight excluding hydrogens is 452 g/mol. The summed E-state index contributed by atoms with van der Waals surface area (Å²) in [5.74, 6) is -1.73. The molecule has 3 aliphatic rings. The summed E-state index contributed by atoms with van der Waals surface area (Å²) in [6, 6.07) is -0.706. The molecule has 0 radical (unpaired) electrons. The zero-order chi connectivity index (χ0) is 25.1. The van der Waals surface area contributed by atoms with E-state index in [1.807, 2.05) is 26.8 Å². The molecule has 2 unspecified atom stereocenters. The van der Waals surface area contributed by atoms with Gasteiger partial charge in [-0.3, -0.25) is 14.4 Å². The first-order valence-corrected chi connectivity index (χ1v) is 13.3. The number of allylic oxidation sites excluding steroid dienone is 1. The Labute approximate surface area is 208 Å². The van der Waals surface area contributed by atoms with Crippen molar-refractivity contribution in [3.8, 4) is 0 Å². The molecule has 1 spiro atoms. The fraction of sp³-hybridized carbons (Fsp3) is 0.731. The van der Waals surface area contributed by atoms with E-state index in [2.05, 4.69) is 13.2 Å². The minimum atomic E-state index is -0.656. The molecule has 2 amide bonds. The van der Waals surface area contributed by atoms with Crippen molar-refractivity contribution in [1.29, 1.82) is 0 Å². The maximum absolute atomic E-state index is 14.0. The van der Waals surface area contributed by atoms with Crippen molar-refractivity contribution in [2.75, 3.05) is 26.3 Å². The van der Waals surface area contributed by atoms with Gasteiger partial charge in [0, 0.05) is 30.5 Å². The standard InChI is InChI=1S/C26H40N2O5S/c1-6-8-9-10-17-33-24(32)20-19-22(30)28(15-11-16-29)21(23(31)27(14-7-2)18(3)4)26(19)13-12-25(20,5)34-26/h6-7,18-21,29H,1-2,8-17H2,3-5H3/t19-,20-,21?,25+,26?/m0/s1. The molecule has 34 heavy (non-hydrogen) atoms. The van der Waals surface area contributed by atoms with Gasteiger partial charge in [-0.2, -0.15) is 0 Å². The summed E-state index contributed by atoms with van der Waals surface area (Å²) in [5, 5.41) is 9.46. The largest absolute Gasteiger partial charge is 0.465 e. The number of likely N-dealkylation sites (tertiary alicyclic amines) is 1. The van der Waals surface area contributed by atoms with Crippen molar-refractivity contribution >= 4 is 29.5 Å². The van der Waals surface area contributed by atoms with Gasteiger partial charge in [-0.25, -0.2) is 0 Å². The van der Waals surface area contributed by atoms with Gasteiger partial charge < -0.3 is 19.6 Å². The zero-order valence-electron chi connectivity index (χ0n) is 20.8. The van der Waals surface area contributed by atoms with Crippen LogP contribution in [-0.2, 0) is 19.1 Å². The number of fused-ring (bicyclic) bond motifs is 1. The van der Waals surface area contributed by atoms with Crippen LogP contribution in [0, 0.1) is 11.8 Å². The number of ether oxygens (including phenoxy) is 1. The summed E-state index contributed by atoms with van der Waals surface area (Å²) in [6.45, 7) is 14.4. The van der Waals surface area contributed by atoms with Crippen LogP contribution in [0.3, 0.4) is 0 Å². The Bertz CT molecular complexity index is 817. The number of esters is 1. The average molecular weight is 493 g/mol. The Morgan fingerprint density at radius 3 is 2.62 bits per heavy atom. The topological polar surface area (TPSA) is 87.1 Å². The highest BCUT2D eigenvalue weighted by molar-refractivity contribution is 8.02. The Kier molecular flexibility index (Phi) is 8.56. The summed E-state index contributed by atoms with van der Waals surface area (Å²) in [6.07, 6.45) is 7.95. The number of nitrogens with zero attached hydrogens (tertiary/aromatic N) is 2. The molecule has 0 aromatic rings. The molecule has 0 saturated carbocycles. The summed E-state index contributed by atoms with van der Waals surface area (Å²) in [7, 11) is 0. The van der Waals surface area contributed by atoms with Crippen molar-refractivity contribution in [3.63, 3.8) is 0 Å². The van der Waals surface area contributed by atoms with Gasteiger partial charge in [-0.1, -0.05) is 12.2 Å². The lowest BCUT2D eigenvalue weighted by atomic mass is 9.66. The van der Waals surface area contributed by atoms with Crippen LogP contribution >= 0.6 is 11.8 Å². The molecule has 0 aromatic heterocycles. The summed E-state index contributed by atoms with van der Waals surface area (Å²) >= 11 is 1.65. The predicted molar refractivity (Wildman–Crippen MR) is 134 cm³/mol. The van der Waals surface area contributed by atoms with E-state index in [9.17, 15) is 19.5 Å². The highest BCUT2D eigenvalue weighted by Gasteiger charge is 2.77. The monoisotopic (exact) mass is 492 g/mol. The van der Waals surface area contributed by atoms with Crippen LogP contribution in [0.1, 0.15) is 59.3 Å². The van der Waals surface area contributed by atoms with Crippen molar-refractivity contribution in [2.24, 2.45) is 11.8 Å². The number of carbonyl (C=O) groups excluding carboxylic acids is 3. The molecule has 190 valence electrons. The zero-order valence-corrected chi connectivity index (χ0v) is 21.6. The van der Waals surface area contributed by atoms with Crippen LogP contribution in [0.15, 0.2) is 25.3 Å². The van der Waals surface area contributed by atoms with Crippen LogP contribution in [0.5, 0.6) is 0 Å². The minimum absolute atomic E-state index is 0.0498. The second-order valence-corrected chi connectivity index (χ2v) is 12.1. The van der Waals surface area contributed by atoms with Gasteiger partial charge in [0.05, 0.1) is 23.2 Å². The maximum atomic E-state index is 14.0. The molecule has 5 atom stereocenters. The SMILES string of the molecule is C=CCCCCOC(=O)[C@@H]1[C@H]2C(=O)N(CCCO)C(C(=O)N(CC=C)C(C)C)C23CC[C@@]1(C)S3. The van der Waals surface area contributed by atoms with Crippen molar-refractivity contribution in [1.82, 2.24) is 9.80 Å². The first-order valence-electron chi connectivity index (χ1n) is 12.5. The number of hydrogen-bond acceptors (Lipinski definition) is 6. The Balaban J connectivity index is 1.93. The van der Waals surface area contributed by atoms with E-state index in [-0.39, 0.29) is 30.4 Å². The molecule has 3 rings (SSSR count). The fourth-order valence-electron chi connectivity index (χ4n) is 6.05. The summed E-state index contributed by atoms with van der Waals surface area (Å²) in [5.41, 5.74) is 0. The molecule has 0 aliphatic carbocycles. The molecule has 3 saturated heterocycles. The van der Waals surface area contributed by atoms with E-state index >= 15 is 0 Å². The third kappa shape index (κ3) is 4.55. The molecular formula is C26H40N2O5S. The molecule has 2 bridgehead atoms. The normalized spacial score (nSPS) is 31.6. The van der Waals surface area contributed by atoms with Crippen LogP contribution in [0.4, 0.5) is 0 Å². The van der Waals surface area contributed by atoms with Gasteiger partial charge in [0.2, 0.25) is 11.8 Å². The third-order valence-corrected chi connectivity index (χ3v) is 9.59. The number of carbonyl (C=O) groups is 3. The smallest absolute Gasteiger partial charge is 0.311 e. The number of amides is 2. The molecule has 3 fully saturated rings. The lowest BCUT2D eigenvalue weighted by molar-refractivity contribution is -0.155. The van der Waals surface area contributed by atoms with Crippen molar-refractivity contribution in [2.45, 2.75) is 80.9 Å². The average Bonchev–Trinajstić information content (AvgIpc) is 3.36. The van der Waals surface area contributed by atoms with Gasteiger partial charge in [-0.15, -0.1) is 24.9 Å². The molecule has 1 N–H and O–H groups in total. The highest BCUT2D eigenvalue weighted by Crippen LogP contribution is 2.71. The van der Waals surface area contributed by atoms with E-state index in [1.54, 1.807) is 27.6 Å². The van der Waals surface area contributed by atoms with Gasteiger partial charge in [0.1, 0.15) is 6.04 Å². The van der Waals surface area contributed by atoms with Crippen LogP contribution in [0.2, 0.25) is 0 Å². The quantitative estimate of drug-likeness (QED) is 0.241. The van der Waals surface area contributed by atoms with Crippen LogP contribution in [-0.4, -0.2) is 80.6 Å². The Morgan fingerprint density at radius 2 is 2.00 bits per heavy atom. The van der Waals surface area contributed by atoms with Crippen LogP contribution < -0.4 is 0 Å². The number of aliphatic hydroxyl groups is 1. The summed E-state index contributed by atoms with van der Waals surface area (Å²) in [4.78, 5) is 44.5. The lowest BCUT2D eigenvalue weighted by Gasteiger charge is -2.38. The second-order valence-electron chi connectivity index (χ2n) is 10.2. The number of thioether (sulfide) groups is 1. The van der Waals surface area contributed by atoms with E-state index in [1.165, 1.54) is 0 Å². The number of rotatable bonds is 13. The van der Waals surface area contributed by atoms with E-state index in [4.69, 9.17) is 4.74 Å². The van der Waals surface area contributed by atoms with Crippen molar-refractivity contribution < 1.29 is 24.2 Å².